The number of anilines is 1. The van der Waals surface area contributed by atoms with Crippen LogP contribution in [-0.2, 0) is 4.74 Å². The Balaban J connectivity index is 2.31. The molecule has 104 valence electrons. The summed E-state index contributed by atoms with van der Waals surface area (Å²) >= 11 is 5.18. The third kappa shape index (κ3) is 3.04. The number of methoxy groups -OCH3 is 1. The fourth-order valence-corrected chi connectivity index (χ4v) is 2.95. The number of nitrogens with zero attached hydrogens (tertiary/aromatic N) is 2. The quantitative estimate of drug-likeness (QED) is 0.857. The molecule has 0 aromatic carbocycles. The van der Waals surface area contributed by atoms with Gasteiger partial charge in [0.1, 0.15) is 4.99 Å². The molecule has 4 nitrogen and oxygen atoms in total. The van der Waals surface area contributed by atoms with Gasteiger partial charge in [0.2, 0.25) is 0 Å². The zero-order chi connectivity index (χ0) is 14.0. The Kier molecular flexibility index (Phi) is 4.37. The molecule has 2 rings (SSSR count). The summed E-state index contributed by atoms with van der Waals surface area (Å²) in [6.45, 7) is 5.91. The summed E-state index contributed by atoms with van der Waals surface area (Å²) in [4.78, 5) is 7.23. The van der Waals surface area contributed by atoms with Gasteiger partial charge < -0.3 is 15.4 Å². The molecule has 0 aliphatic carbocycles. The van der Waals surface area contributed by atoms with E-state index in [0.29, 0.717) is 11.1 Å². The Morgan fingerprint density at radius 3 is 2.58 bits per heavy atom. The highest BCUT2D eigenvalue weighted by molar-refractivity contribution is 7.80. The smallest absolute Gasteiger partial charge is 0.107 e. The van der Waals surface area contributed by atoms with Crippen LogP contribution >= 0.6 is 12.2 Å². The molecule has 0 amide bonds. The van der Waals surface area contributed by atoms with Gasteiger partial charge in [-0.25, -0.2) is 0 Å². The highest BCUT2D eigenvalue weighted by atomic mass is 32.1. The van der Waals surface area contributed by atoms with Crippen LogP contribution in [0.4, 0.5) is 5.69 Å². The van der Waals surface area contributed by atoms with E-state index in [1.54, 1.807) is 7.11 Å². The predicted molar refractivity (Wildman–Crippen MR) is 81.8 cm³/mol. The van der Waals surface area contributed by atoms with E-state index in [0.717, 1.165) is 48.6 Å². The number of aryl methyl sites for hydroxylation is 2. The number of hydrogen-bond donors (Lipinski definition) is 1. The van der Waals surface area contributed by atoms with Crippen molar-refractivity contribution in [2.45, 2.75) is 32.8 Å². The number of hydrogen-bond acceptors (Lipinski definition) is 4. The summed E-state index contributed by atoms with van der Waals surface area (Å²) in [5.74, 6) is 0. The van der Waals surface area contributed by atoms with Gasteiger partial charge in [-0.2, -0.15) is 0 Å². The maximum Gasteiger partial charge on any atom is 0.107 e. The van der Waals surface area contributed by atoms with Crippen molar-refractivity contribution in [1.82, 2.24) is 4.98 Å². The zero-order valence-corrected chi connectivity index (χ0v) is 12.6. The molecule has 0 unspecified atom stereocenters. The molecule has 0 saturated carbocycles. The maximum absolute atomic E-state index is 5.87. The van der Waals surface area contributed by atoms with Gasteiger partial charge >= 0.3 is 0 Å². The van der Waals surface area contributed by atoms with E-state index in [1.807, 2.05) is 13.8 Å². The molecular weight excluding hydrogens is 258 g/mol. The summed E-state index contributed by atoms with van der Waals surface area (Å²) in [5, 5.41) is 0. The van der Waals surface area contributed by atoms with Crippen LogP contribution in [0.1, 0.15) is 29.8 Å². The Hall–Kier alpha value is -1.20. The fourth-order valence-electron chi connectivity index (χ4n) is 2.69. The molecule has 0 spiro atoms. The first-order valence-corrected chi connectivity index (χ1v) is 6.99. The molecule has 0 atom stereocenters. The fraction of sp³-hybridized carbons (Fsp3) is 0.571. The molecule has 1 saturated heterocycles. The van der Waals surface area contributed by atoms with Crippen LogP contribution in [0.5, 0.6) is 0 Å². The SMILES string of the molecule is COC1CCN(c2cc(C)nc(C)c2C(N)=S)CC1. The Morgan fingerprint density at radius 1 is 1.42 bits per heavy atom. The lowest BCUT2D eigenvalue weighted by Crippen LogP contribution is -2.38. The molecular formula is C14H21N3OS. The third-order valence-corrected chi connectivity index (χ3v) is 3.87. The number of ether oxygens (including phenoxy) is 1. The topological polar surface area (TPSA) is 51.4 Å². The molecule has 1 aromatic rings. The Bertz CT molecular complexity index is 482. The van der Waals surface area contributed by atoms with Crippen LogP contribution in [0.3, 0.4) is 0 Å². The minimum Gasteiger partial charge on any atom is -0.389 e. The van der Waals surface area contributed by atoms with Crippen molar-refractivity contribution in [2.24, 2.45) is 5.73 Å². The molecule has 2 heterocycles. The van der Waals surface area contributed by atoms with Crippen LogP contribution in [0.25, 0.3) is 0 Å². The molecule has 5 heteroatoms. The zero-order valence-electron chi connectivity index (χ0n) is 11.8. The normalized spacial score (nSPS) is 16.7. The summed E-state index contributed by atoms with van der Waals surface area (Å²) in [5.41, 5.74) is 9.81. The van der Waals surface area contributed by atoms with Gasteiger partial charge in [0.05, 0.1) is 17.4 Å². The second kappa shape index (κ2) is 5.84. The first-order valence-electron chi connectivity index (χ1n) is 6.58. The molecule has 1 aliphatic heterocycles. The van der Waals surface area contributed by atoms with Crippen molar-refractivity contribution in [3.8, 4) is 0 Å². The first kappa shape index (κ1) is 14.2. The van der Waals surface area contributed by atoms with E-state index < -0.39 is 0 Å². The number of pyridine rings is 1. The van der Waals surface area contributed by atoms with E-state index in [1.165, 1.54) is 0 Å². The Morgan fingerprint density at radius 2 is 2.05 bits per heavy atom. The number of rotatable bonds is 3. The number of aromatic nitrogens is 1. The van der Waals surface area contributed by atoms with Crippen LogP contribution in [-0.4, -0.2) is 36.3 Å². The lowest BCUT2D eigenvalue weighted by Gasteiger charge is -2.34. The summed E-state index contributed by atoms with van der Waals surface area (Å²) in [6, 6.07) is 2.08. The standard InChI is InChI=1S/C14H21N3OS/c1-9-8-12(13(14(15)19)10(2)16-9)17-6-4-11(18-3)5-7-17/h8,11H,4-7H2,1-3H3,(H2,15,19). The highest BCUT2D eigenvalue weighted by Crippen LogP contribution is 2.27. The van der Waals surface area contributed by atoms with E-state index in [-0.39, 0.29) is 0 Å². The Labute approximate surface area is 120 Å². The third-order valence-electron chi connectivity index (χ3n) is 3.67. The lowest BCUT2D eigenvalue weighted by molar-refractivity contribution is 0.0819. The number of thiocarbonyl (C=S) groups is 1. The molecule has 0 bridgehead atoms. The van der Waals surface area contributed by atoms with Crippen molar-refractivity contribution in [2.75, 3.05) is 25.1 Å². The van der Waals surface area contributed by atoms with Crippen molar-refractivity contribution >= 4 is 22.9 Å². The van der Waals surface area contributed by atoms with Crippen molar-refractivity contribution < 1.29 is 4.74 Å². The predicted octanol–water partition coefficient (Wildman–Crippen LogP) is 1.95. The van der Waals surface area contributed by atoms with Crippen molar-refractivity contribution in [3.63, 3.8) is 0 Å². The largest absolute Gasteiger partial charge is 0.389 e. The number of piperidine rings is 1. The van der Waals surface area contributed by atoms with Crippen molar-refractivity contribution in [1.29, 1.82) is 0 Å². The minimum atomic E-state index is 0.369. The van der Waals surface area contributed by atoms with Gasteiger partial charge in [0, 0.05) is 31.6 Å². The summed E-state index contributed by atoms with van der Waals surface area (Å²) in [7, 11) is 1.78. The molecule has 1 fully saturated rings. The van der Waals surface area contributed by atoms with Crippen LogP contribution in [0.15, 0.2) is 6.07 Å². The first-order chi connectivity index (χ1) is 9.02. The number of nitrogens with two attached hydrogens (primary N) is 1. The molecule has 2 N–H and O–H groups in total. The van der Waals surface area contributed by atoms with Crippen LogP contribution < -0.4 is 10.6 Å². The second-order valence-electron chi connectivity index (χ2n) is 5.03. The monoisotopic (exact) mass is 279 g/mol. The van der Waals surface area contributed by atoms with Gasteiger partial charge in [-0.05, 0) is 32.8 Å². The maximum atomic E-state index is 5.87. The molecule has 1 aliphatic rings. The average Bonchev–Trinajstić information content (AvgIpc) is 2.37. The van der Waals surface area contributed by atoms with E-state index >= 15 is 0 Å². The molecule has 19 heavy (non-hydrogen) atoms. The van der Waals surface area contributed by atoms with Crippen LogP contribution in [0, 0.1) is 13.8 Å². The van der Waals surface area contributed by atoms with Gasteiger partial charge in [-0.15, -0.1) is 0 Å². The molecule has 1 aromatic heterocycles. The molecule has 0 radical (unpaired) electrons. The summed E-state index contributed by atoms with van der Waals surface area (Å²) in [6.07, 6.45) is 2.44. The van der Waals surface area contributed by atoms with Gasteiger partial charge in [-0.1, -0.05) is 12.2 Å². The van der Waals surface area contributed by atoms with Gasteiger partial charge in [-0.3, -0.25) is 4.98 Å². The highest BCUT2D eigenvalue weighted by Gasteiger charge is 2.22. The van der Waals surface area contributed by atoms with Gasteiger partial charge in [0.25, 0.3) is 0 Å². The lowest BCUT2D eigenvalue weighted by atomic mass is 10.0. The van der Waals surface area contributed by atoms with E-state index in [4.69, 9.17) is 22.7 Å². The minimum absolute atomic E-state index is 0.369. The van der Waals surface area contributed by atoms with Crippen molar-refractivity contribution in [3.05, 3.63) is 23.0 Å². The van der Waals surface area contributed by atoms with Crippen LogP contribution in [0.2, 0.25) is 0 Å². The van der Waals surface area contributed by atoms with E-state index in [2.05, 4.69) is 16.0 Å². The second-order valence-corrected chi connectivity index (χ2v) is 5.47. The van der Waals surface area contributed by atoms with E-state index in [9.17, 15) is 0 Å². The van der Waals surface area contributed by atoms with Gasteiger partial charge in [0.15, 0.2) is 0 Å². The summed E-state index contributed by atoms with van der Waals surface area (Å²) < 4.78 is 5.41. The average molecular weight is 279 g/mol.